The molecule has 0 bridgehead atoms. The molecule has 0 radical (unpaired) electrons. The third kappa shape index (κ3) is 5.03. The third-order valence-corrected chi connectivity index (χ3v) is 7.51. The summed E-state index contributed by atoms with van der Waals surface area (Å²) < 4.78 is 7.56. The number of pyridine rings is 1. The van der Waals surface area contributed by atoms with Crippen molar-refractivity contribution in [3.63, 3.8) is 0 Å². The molecule has 35 heavy (non-hydrogen) atoms. The lowest BCUT2D eigenvalue weighted by Crippen LogP contribution is -2.38. The summed E-state index contributed by atoms with van der Waals surface area (Å²) in [6.45, 7) is 4.88. The van der Waals surface area contributed by atoms with Crippen molar-refractivity contribution in [2.75, 3.05) is 37.7 Å². The maximum absolute atomic E-state index is 13.6. The number of anilines is 1. The average molecular weight is 507 g/mol. The summed E-state index contributed by atoms with van der Waals surface area (Å²) in [5.41, 5.74) is 2.97. The molecule has 2 fully saturated rings. The summed E-state index contributed by atoms with van der Waals surface area (Å²) in [5.74, 6) is 0.422. The number of aryl methyl sites for hydroxylation is 2. The highest BCUT2D eigenvalue weighted by Crippen LogP contribution is 2.33. The molecule has 0 N–H and O–H groups in total. The van der Waals surface area contributed by atoms with Crippen LogP contribution in [-0.4, -0.2) is 57.4 Å². The molecule has 5 rings (SSSR count). The van der Waals surface area contributed by atoms with Gasteiger partial charge in [-0.2, -0.15) is 0 Å². The zero-order valence-electron chi connectivity index (χ0n) is 19.5. The Morgan fingerprint density at radius 3 is 2.66 bits per heavy atom. The molecule has 7 nitrogen and oxygen atoms in total. The van der Waals surface area contributed by atoms with Gasteiger partial charge in [-0.05, 0) is 43.0 Å². The van der Waals surface area contributed by atoms with Gasteiger partial charge in [0.05, 0.1) is 23.7 Å². The highest BCUT2D eigenvalue weighted by Gasteiger charge is 2.32. The highest BCUT2D eigenvalue weighted by atomic mass is 32.2. The Hall–Kier alpha value is -3.01. The fourth-order valence-corrected chi connectivity index (χ4v) is 5.59. The van der Waals surface area contributed by atoms with Crippen LogP contribution in [0, 0.1) is 6.92 Å². The van der Waals surface area contributed by atoms with Crippen molar-refractivity contribution >= 4 is 51.7 Å². The van der Waals surface area contributed by atoms with Crippen molar-refractivity contribution < 1.29 is 9.53 Å². The second-order valence-corrected chi connectivity index (χ2v) is 10.3. The summed E-state index contributed by atoms with van der Waals surface area (Å²) in [6, 6.07) is 14.0. The molecule has 0 saturated carbocycles. The molecule has 0 spiro atoms. The lowest BCUT2D eigenvalue weighted by atomic mass is 10.1. The van der Waals surface area contributed by atoms with Gasteiger partial charge in [-0.15, -0.1) is 0 Å². The van der Waals surface area contributed by atoms with E-state index >= 15 is 0 Å². The molecule has 2 saturated heterocycles. The molecule has 2 aromatic heterocycles. The minimum atomic E-state index is -0.200. The first-order valence-corrected chi connectivity index (χ1v) is 12.9. The van der Waals surface area contributed by atoms with Crippen molar-refractivity contribution in [3.8, 4) is 0 Å². The minimum Gasteiger partial charge on any atom is -0.378 e. The van der Waals surface area contributed by atoms with E-state index in [1.165, 1.54) is 17.3 Å². The molecule has 9 heteroatoms. The van der Waals surface area contributed by atoms with Crippen LogP contribution in [-0.2, 0) is 16.0 Å². The lowest BCUT2D eigenvalue weighted by Gasteiger charge is -2.29. The second-order valence-electron chi connectivity index (χ2n) is 8.61. The summed E-state index contributed by atoms with van der Waals surface area (Å²) in [4.78, 5) is 35.8. The summed E-state index contributed by atoms with van der Waals surface area (Å²) in [5, 5.41) is 0. The van der Waals surface area contributed by atoms with E-state index in [1.54, 1.807) is 21.6 Å². The van der Waals surface area contributed by atoms with Crippen LogP contribution >= 0.6 is 24.0 Å². The van der Waals surface area contributed by atoms with Crippen LogP contribution < -0.4 is 10.5 Å². The van der Waals surface area contributed by atoms with Crippen molar-refractivity contribution in [1.82, 2.24) is 14.3 Å². The standard InChI is InChI=1S/C26H26N4O3S2/c1-18-9-10-22-27-23(28-12-14-33-15-13-28)20(24(31)30(22)17-18)16-21-25(32)29(26(34)35-21)11-5-8-19-6-3-2-4-7-19/h2-4,6-7,9-10,16-17H,5,8,11-15H2,1H3/b21-16-. The fourth-order valence-electron chi connectivity index (χ4n) is 4.30. The Kier molecular flexibility index (Phi) is 6.99. The molecule has 1 aromatic carbocycles. The number of aromatic nitrogens is 2. The van der Waals surface area contributed by atoms with E-state index in [2.05, 4.69) is 17.0 Å². The maximum atomic E-state index is 13.6. The Balaban J connectivity index is 1.46. The molecular formula is C26H26N4O3S2. The van der Waals surface area contributed by atoms with Crippen LogP contribution in [0.2, 0.25) is 0 Å². The van der Waals surface area contributed by atoms with Crippen molar-refractivity contribution in [2.45, 2.75) is 19.8 Å². The molecule has 180 valence electrons. The number of nitrogens with zero attached hydrogens (tertiary/aromatic N) is 4. The zero-order chi connectivity index (χ0) is 24.4. The number of benzene rings is 1. The SMILES string of the molecule is Cc1ccc2nc(N3CCOCC3)c(/C=C3\SC(=S)N(CCCc4ccccc4)C3=O)c(=O)n2c1. The fraction of sp³-hybridized carbons (Fsp3) is 0.308. The highest BCUT2D eigenvalue weighted by molar-refractivity contribution is 8.26. The number of carbonyl (C=O) groups is 1. The van der Waals surface area contributed by atoms with Crippen LogP contribution in [0.3, 0.4) is 0 Å². The van der Waals surface area contributed by atoms with Gasteiger partial charge in [-0.1, -0.05) is 60.4 Å². The number of fused-ring (bicyclic) bond motifs is 1. The first kappa shape index (κ1) is 23.7. The van der Waals surface area contributed by atoms with Crippen LogP contribution in [0.15, 0.2) is 58.4 Å². The number of thioether (sulfide) groups is 1. The molecule has 1 amide bonds. The Bertz CT molecular complexity index is 1360. The molecule has 2 aliphatic heterocycles. The van der Waals surface area contributed by atoms with Crippen LogP contribution in [0.4, 0.5) is 5.82 Å². The van der Waals surface area contributed by atoms with Crippen LogP contribution in [0.25, 0.3) is 11.7 Å². The van der Waals surface area contributed by atoms with E-state index < -0.39 is 0 Å². The number of amides is 1. The zero-order valence-corrected chi connectivity index (χ0v) is 21.1. The monoisotopic (exact) mass is 506 g/mol. The average Bonchev–Trinajstić information content (AvgIpc) is 3.14. The number of hydrogen-bond acceptors (Lipinski definition) is 7. The van der Waals surface area contributed by atoms with Crippen molar-refractivity contribution in [2.24, 2.45) is 0 Å². The van der Waals surface area contributed by atoms with Gasteiger partial charge in [0.25, 0.3) is 11.5 Å². The number of hydrogen-bond donors (Lipinski definition) is 0. The van der Waals surface area contributed by atoms with E-state index in [9.17, 15) is 9.59 Å². The lowest BCUT2D eigenvalue weighted by molar-refractivity contribution is -0.122. The summed E-state index contributed by atoms with van der Waals surface area (Å²) in [6.07, 6.45) is 5.13. The predicted molar refractivity (Wildman–Crippen MR) is 144 cm³/mol. The smallest absolute Gasteiger partial charge is 0.267 e. The van der Waals surface area contributed by atoms with Crippen molar-refractivity contribution in [1.29, 1.82) is 0 Å². The number of thiocarbonyl (C=S) groups is 1. The Morgan fingerprint density at radius 2 is 1.89 bits per heavy atom. The van der Waals surface area contributed by atoms with Gasteiger partial charge < -0.3 is 9.64 Å². The molecule has 0 unspecified atom stereocenters. The molecule has 0 atom stereocenters. The molecule has 3 aromatic rings. The number of carbonyl (C=O) groups excluding carboxylic acids is 1. The quantitative estimate of drug-likeness (QED) is 0.373. The molecule has 2 aliphatic rings. The van der Waals surface area contributed by atoms with Gasteiger partial charge in [0, 0.05) is 25.8 Å². The van der Waals surface area contributed by atoms with Gasteiger partial charge >= 0.3 is 0 Å². The van der Waals surface area contributed by atoms with Crippen molar-refractivity contribution in [3.05, 3.63) is 80.6 Å². The third-order valence-electron chi connectivity index (χ3n) is 6.14. The van der Waals surface area contributed by atoms with Crippen LogP contribution in [0.1, 0.15) is 23.1 Å². The first-order chi connectivity index (χ1) is 17.0. The minimum absolute atomic E-state index is 0.158. The van der Waals surface area contributed by atoms with Gasteiger partial charge in [0.15, 0.2) is 0 Å². The van der Waals surface area contributed by atoms with E-state index in [0.29, 0.717) is 59.1 Å². The van der Waals surface area contributed by atoms with Crippen LogP contribution in [0.5, 0.6) is 0 Å². The summed E-state index contributed by atoms with van der Waals surface area (Å²) in [7, 11) is 0. The maximum Gasteiger partial charge on any atom is 0.267 e. The summed E-state index contributed by atoms with van der Waals surface area (Å²) >= 11 is 6.77. The molecule has 0 aliphatic carbocycles. The second kappa shape index (κ2) is 10.3. The number of morpholine rings is 1. The Labute approximate surface area is 213 Å². The van der Waals surface area contributed by atoms with E-state index in [0.717, 1.165) is 18.4 Å². The van der Waals surface area contributed by atoms with E-state index in [-0.39, 0.29) is 11.5 Å². The number of rotatable bonds is 6. The molecule has 4 heterocycles. The van der Waals surface area contributed by atoms with E-state index in [1.807, 2.05) is 37.3 Å². The topological polar surface area (TPSA) is 67.2 Å². The van der Waals surface area contributed by atoms with E-state index in [4.69, 9.17) is 21.9 Å². The molecular weight excluding hydrogens is 480 g/mol. The normalized spacial score (nSPS) is 17.7. The van der Waals surface area contributed by atoms with Gasteiger partial charge in [0.1, 0.15) is 15.8 Å². The van der Waals surface area contributed by atoms with Gasteiger partial charge in [0.2, 0.25) is 0 Å². The van der Waals surface area contributed by atoms with Gasteiger partial charge in [-0.3, -0.25) is 18.9 Å². The first-order valence-electron chi connectivity index (χ1n) is 11.7. The van der Waals surface area contributed by atoms with Gasteiger partial charge in [-0.25, -0.2) is 4.98 Å². The number of ether oxygens (including phenoxy) is 1. The largest absolute Gasteiger partial charge is 0.378 e. The predicted octanol–water partition coefficient (Wildman–Crippen LogP) is 3.67. The Morgan fingerprint density at radius 1 is 1.11 bits per heavy atom.